The monoisotopic (exact) mass is 262 g/mol. The van der Waals surface area contributed by atoms with Gasteiger partial charge in [-0.2, -0.15) is 0 Å². The molecular weight excluding hydrogens is 244 g/mol. The summed E-state index contributed by atoms with van der Waals surface area (Å²) in [4.78, 5) is 19.4. The molecule has 0 saturated heterocycles. The lowest BCUT2D eigenvalue weighted by atomic mass is 10.2. The average Bonchev–Trinajstić information content (AvgIpc) is 2.62. The zero-order valence-corrected chi connectivity index (χ0v) is 11.7. The second-order valence-corrected chi connectivity index (χ2v) is 6.38. The fraction of sp³-hybridized carbons (Fsp3) is 0.571. The Morgan fingerprint density at radius 1 is 1.33 bits per heavy atom. The maximum Gasteiger partial charge on any atom is 0.262 e. The number of thiophene rings is 1. The Balaban J connectivity index is 2.24. The molecule has 18 heavy (non-hydrogen) atoms. The van der Waals surface area contributed by atoms with Crippen LogP contribution in [0.4, 0.5) is 0 Å². The highest BCUT2D eigenvalue weighted by molar-refractivity contribution is 7.18. The molecule has 0 unspecified atom stereocenters. The van der Waals surface area contributed by atoms with Gasteiger partial charge in [-0.05, 0) is 24.8 Å². The summed E-state index contributed by atoms with van der Waals surface area (Å²) in [6.07, 6.45) is 4.40. The largest absolute Gasteiger partial charge is 0.296 e. The lowest BCUT2D eigenvalue weighted by molar-refractivity contribution is 0.614. The van der Waals surface area contributed by atoms with Gasteiger partial charge in [0.05, 0.1) is 5.39 Å². The minimum atomic E-state index is 0.167. The molecule has 96 valence electrons. The number of nitrogens with zero attached hydrogens (tertiary/aromatic N) is 2. The topological polar surface area (TPSA) is 34.9 Å². The van der Waals surface area contributed by atoms with Gasteiger partial charge in [-0.1, -0.05) is 20.3 Å². The van der Waals surface area contributed by atoms with Gasteiger partial charge in [-0.3, -0.25) is 9.36 Å². The van der Waals surface area contributed by atoms with E-state index < -0.39 is 0 Å². The molecular formula is C14H18N2OS. The van der Waals surface area contributed by atoms with Crippen molar-refractivity contribution in [2.45, 2.75) is 52.0 Å². The van der Waals surface area contributed by atoms with Crippen molar-refractivity contribution in [3.63, 3.8) is 0 Å². The van der Waals surface area contributed by atoms with Gasteiger partial charge in [0.15, 0.2) is 0 Å². The van der Waals surface area contributed by atoms with Crippen molar-refractivity contribution >= 4 is 21.6 Å². The van der Waals surface area contributed by atoms with Gasteiger partial charge in [-0.15, -0.1) is 11.3 Å². The zero-order chi connectivity index (χ0) is 12.7. The maximum absolute atomic E-state index is 12.5. The molecule has 0 saturated carbocycles. The van der Waals surface area contributed by atoms with Crippen molar-refractivity contribution in [2.24, 2.45) is 0 Å². The smallest absolute Gasteiger partial charge is 0.262 e. The Labute approximate surface area is 110 Å². The molecule has 2 aromatic heterocycles. The summed E-state index contributed by atoms with van der Waals surface area (Å²) in [6, 6.07) is 2.04. The first-order valence-corrected chi connectivity index (χ1v) is 7.51. The Morgan fingerprint density at radius 2 is 2.17 bits per heavy atom. The number of hydrogen-bond donors (Lipinski definition) is 0. The fourth-order valence-electron chi connectivity index (χ4n) is 2.51. The van der Waals surface area contributed by atoms with E-state index in [9.17, 15) is 4.79 Å². The summed E-state index contributed by atoms with van der Waals surface area (Å²) in [5, 5.41) is 0.814. The molecule has 1 aliphatic heterocycles. The molecule has 3 heterocycles. The molecule has 0 bridgehead atoms. The third-order valence-corrected chi connectivity index (χ3v) is 4.93. The van der Waals surface area contributed by atoms with Crippen molar-refractivity contribution in [2.75, 3.05) is 0 Å². The molecule has 3 nitrogen and oxygen atoms in total. The Bertz CT molecular complexity index is 639. The van der Waals surface area contributed by atoms with Crippen LogP contribution in [0.5, 0.6) is 0 Å². The molecule has 0 N–H and O–H groups in total. The lowest BCUT2D eigenvalue weighted by Crippen LogP contribution is -2.23. The highest BCUT2D eigenvalue weighted by atomic mass is 32.1. The molecule has 0 radical (unpaired) electrons. The van der Waals surface area contributed by atoms with E-state index in [1.165, 1.54) is 11.3 Å². The number of aryl methyl sites for hydroxylation is 1. The van der Waals surface area contributed by atoms with Crippen LogP contribution < -0.4 is 5.56 Å². The second-order valence-electron chi connectivity index (χ2n) is 5.32. The molecule has 0 atom stereocenters. The van der Waals surface area contributed by atoms with Crippen LogP contribution in [0.25, 0.3) is 10.2 Å². The molecule has 0 aliphatic carbocycles. The first-order valence-electron chi connectivity index (χ1n) is 6.70. The minimum absolute atomic E-state index is 0.167. The number of hydrogen-bond acceptors (Lipinski definition) is 3. The molecule has 0 aromatic carbocycles. The Kier molecular flexibility index (Phi) is 2.98. The van der Waals surface area contributed by atoms with Crippen LogP contribution in [-0.4, -0.2) is 9.55 Å². The van der Waals surface area contributed by atoms with Crippen LogP contribution in [-0.2, 0) is 13.0 Å². The quantitative estimate of drug-likeness (QED) is 0.790. The average molecular weight is 262 g/mol. The molecule has 3 rings (SSSR count). The van der Waals surface area contributed by atoms with Gasteiger partial charge >= 0.3 is 0 Å². The molecule has 0 amide bonds. The normalized spacial score (nSPS) is 15.9. The first-order chi connectivity index (χ1) is 8.66. The minimum Gasteiger partial charge on any atom is -0.296 e. The third-order valence-electron chi connectivity index (χ3n) is 3.60. The summed E-state index contributed by atoms with van der Waals surface area (Å²) in [5.41, 5.74) is 0.167. The van der Waals surface area contributed by atoms with Gasteiger partial charge in [-0.25, -0.2) is 4.98 Å². The van der Waals surface area contributed by atoms with Gasteiger partial charge < -0.3 is 0 Å². The van der Waals surface area contributed by atoms with Crippen molar-refractivity contribution in [1.29, 1.82) is 0 Å². The molecule has 4 heteroatoms. The van der Waals surface area contributed by atoms with Crippen LogP contribution in [0, 0.1) is 0 Å². The van der Waals surface area contributed by atoms with Gasteiger partial charge in [0.2, 0.25) is 0 Å². The van der Waals surface area contributed by atoms with E-state index in [-0.39, 0.29) is 5.56 Å². The van der Waals surface area contributed by atoms with E-state index >= 15 is 0 Å². The SMILES string of the molecule is CC(C)c1cc2c(=O)n3c(nc2s1)CCCCC3. The van der Waals surface area contributed by atoms with Crippen molar-refractivity contribution < 1.29 is 0 Å². The van der Waals surface area contributed by atoms with Crippen LogP contribution in [0.2, 0.25) is 0 Å². The van der Waals surface area contributed by atoms with Crippen molar-refractivity contribution in [1.82, 2.24) is 9.55 Å². The van der Waals surface area contributed by atoms with Crippen molar-refractivity contribution in [3.8, 4) is 0 Å². The van der Waals surface area contributed by atoms with Gasteiger partial charge in [0.1, 0.15) is 10.7 Å². The highest BCUT2D eigenvalue weighted by Crippen LogP contribution is 2.28. The van der Waals surface area contributed by atoms with Gasteiger partial charge in [0.25, 0.3) is 5.56 Å². The Morgan fingerprint density at radius 3 is 2.94 bits per heavy atom. The van der Waals surface area contributed by atoms with E-state index in [1.54, 1.807) is 11.3 Å². The maximum atomic E-state index is 12.5. The summed E-state index contributed by atoms with van der Waals surface area (Å²) in [5.74, 6) is 1.45. The van der Waals surface area contributed by atoms with Crippen LogP contribution >= 0.6 is 11.3 Å². The van der Waals surface area contributed by atoms with E-state index in [4.69, 9.17) is 4.98 Å². The second kappa shape index (κ2) is 4.50. The van der Waals surface area contributed by atoms with E-state index in [0.717, 1.165) is 41.8 Å². The first kappa shape index (κ1) is 11.9. The third kappa shape index (κ3) is 1.88. The summed E-state index contributed by atoms with van der Waals surface area (Å²) in [6.45, 7) is 5.16. The molecule has 2 aromatic rings. The molecule has 1 aliphatic rings. The van der Waals surface area contributed by atoms with Crippen LogP contribution in [0.1, 0.15) is 49.7 Å². The Hall–Kier alpha value is -1.16. The summed E-state index contributed by atoms with van der Waals surface area (Å²) < 4.78 is 1.89. The number of rotatable bonds is 1. The predicted molar refractivity (Wildman–Crippen MR) is 75.5 cm³/mol. The van der Waals surface area contributed by atoms with E-state index in [2.05, 4.69) is 13.8 Å². The van der Waals surface area contributed by atoms with Crippen LogP contribution in [0.15, 0.2) is 10.9 Å². The fourth-order valence-corrected chi connectivity index (χ4v) is 3.56. The van der Waals surface area contributed by atoms with Gasteiger partial charge in [0, 0.05) is 17.8 Å². The molecule has 0 fully saturated rings. The predicted octanol–water partition coefficient (Wildman–Crippen LogP) is 3.31. The molecule has 0 spiro atoms. The number of aromatic nitrogens is 2. The summed E-state index contributed by atoms with van der Waals surface area (Å²) in [7, 11) is 0. The standard InChI is InChI=1S/C14H18N2OS/c1-9(2)11-8-10-13(18-11)15-12-6-4-3-5-7-16(12)14(10)17/h8-9H,3-7H2,1-2H3. The highest BCUT2D eigenvalue weighted by Gasteiger charge is 2.16. The lowest BCUT2D eigenvalue weighted by Gasteiger charge is -2.07. The van der Waals surface area contributed by atoms with Crippen molar-refractivity contribution in [3.05, 3.63) is 27.1 Å². The van der Waals surface area contributed by atoms with Crippen LogP contribution in [0.3, 0.4) is 0 Å². The summed E-state index contributed by atoms with van der Waals surface area (Å²) >= 11 is 1.67. The van der Waals surface area contributed by atoms with E-state index in [0.29, 0.717) is 5.92 Å². The zero-order valence-electron chi connectivity index (χ0n) is 10.9. The van der Waals surface area contributed by atoms with E-state index in [1.807, 2.05) is 10.6 Å². The number of fused-ring (bicyclic) bond motifs is 2.